The summed E-state index contributed by atoms with van der Waals surface area (Å²) >= 11 is 13.2. The Morgan fingerprint density at radius 2 is 2.00 bits per heavy atom. The van der Waals surface area contributed by atoms with Crippen molar-refractivity contribution < 1.29 is 14.7 Å². The van der Waals surface area contributed by atoms with Gasteiger partial charge in [0.1, 0.15) is 0 Å². The molecule has 20 heavy (non-hydrogen) atoms. The van der Waals surface area contributed by atoms with Crippen molar-refractivity contribution in [3.05, 3.63) is 28.2 Å². The third-order valence-corrected chi connectivity index (χ3v) is 4.41. The maximum atomic E-state index is 11.9. The van der Waals surface area contributed by atoms with Crippen LogP contribution in [-0.2, 0) is 9.59 Å². The molecule has 0 fully saturated rings. The summed E-state index contributed by atoms with van der Waals surface area (Å²) in [5, 5.41) is 12.0. The van der Waals surface area contributed by atoms with Gasteiger partial charge in [-0.2, -0.15) is 0 Å². The first-order valence-electron chi connectivity index (χ1n) is 5.93. The molecule has 0 aliphatic carbocycles. The van der Waals surface area contributed by atoms with Gasteiger partial charge >= 0.3 is 5.97 Å². The molecule has 0 bridgehead atoms. The number of aliphatic carboxylic acids is 1. The molecular weight excluding hydrogens is 321 g/mol. The van der Waals surface area contributed by atoms with Gasteiger partial charge in [0.25, 0.3) is 0 Å². The summed E-state index contributed by atoms with van der Waals surface area (Å²) in [5.41, 5.74) is 0. The van der Waals surface area contributed by atoms with Gasteiger partial charge in [-0.15, -0.1) is 11.8 Å². The summed E-state index contributed by atoms with van der Waals surface area (Å²) in [6.07, 6.45) is 0. The third kappa shape index (κ3) is 5.23. The van der Waals surface area contributed by atoms with Crippen LogP contribution >= 0.6 is 35.0 Å². The van der Waals surface area contributed by atoms with Crippen LogP contribution in [0.15, 0.2) is 23.1 Å². The first-order chi connectivity index (χ1) is 9.31. The minimum absolute atomic E-state index is 0.0995. The van der Waals surface area contributed by atoms with Crippen molar-refractivity contribution in [1.82, 2.24) is 5.32 Å². The molecular formula is C13H15Cl2NO3S. The molecule has 0 radical (unpaired) electrons. The number of carbonyl (C=O) groups is 2. The van der Waals surface area contributed by atoms with E-state index in [1.807, 2.05) is 0 Å². The van der Waals surface area contributed by atoms with Crippen molar-refractivity contribution in [2.24, 2.45) is 5.92 Å². The largest absolute Gasteiger partial charge is 0.481 e. The average Bonchev–Trinajstić information content (AvgIpc) is 2.39. The van der Waals surface area contributed by atoms with Crippen LogP contribution in [0.5, 0.6) is 0 Å². The van der Waals surface area contributed by atoms with Gasteiger partial charge in [-0.3, -0.25) is 9.59 Å². The summed E-state index contributed by atoms with van der Waals surface area (Å²) in [6, 6.07) is 5.04. The normalized spacial score (nSPS) is 13.6. The Morgan fingerprint density at radius 3 is 2.60 bits per heavy atom. The molecule has 0 saturated carbocycles. The number of hydrogen-bond donors (Lipinski definition) is 2. The van der Waals surface area contributed by atoms with E-state index in [0.717, 1.165) is 0 Å². The van der Waals surface area contributed by atoms with Gasteiger partial charge in [0.15, 0.2) is 0 Å². The second-order valence-electron chi connectivity index (χ2n) is 4.32. The summed E-state index contributed by atoms with van der Waals surface area (Å²) < 4.78 is 0. The maximum Gasteiger partial charge on any atom is 0.308 e. The van der Waals surface area contributed by atoms with Crippen LogP contribution < -0.4 is 5.32 Å². The van der Waals surface area contributed by atoms with E-state index in [4.69, 9.17) is 28.3 Å². The zero-order chi connectivity index (χ0) is 15.3. The SMILES string of the molecule is CC(CNC(=O)C(C)Sc1cc(Cl)ccc1Cl)C(=O)O. The van der Waals surface area contributed by atoms with Crippen molar-refractivity contribution in [2.45, 2.75) is 24.0 Å². The van der Waals surface area contributed by atoms with E-state index in [2.05, 4.69) is 5.32 Å². The van der Waals surface area contributed by atoms with Crippen molar-refractivity contribution >= 4 is 46.8 Å². The number of halogens is 2. The fourth-order valence-electron chi connectivity index (χ4n) is 1.30. The number of carbonyl (C=O) groups excluding carboxylic acids is 1. The number of benzene rings is 1. The van der Waals surface area contributed by atoms with Gasteiger partial charge in [0.05, 0.1) is 16.2 Å². The molecule has 1 aromatic rings. The van der Waals surface area contributed by atoms with Crippen LogP contribution in [0.3, 0.4) is 0 Å². The van der Waals surface area contributed by atoms with Gasteiger partial charge in [-0.05, 0) is 25.1 Å². The highest BCUT2D eigenvalue weighted by molar-refractivity contribution is 8.00. The second-order valence-corrected chi connectivity index (χ2v) is 6.55. The quantitative estimate of drug-likeness (QED) is 0.782. The Bertz CT molecular complexity index is 510. The Kier molecular flexibility index (Phi) is 6.65. The molecule has 110 valence electrons. The molecule has 0 saturated heterocycles. The lowest BCUT2D eigenvalue weighted by Crippen LogP contribution is -2.36. The smallest absolute Gasteiger partial charge is 0.308 e. The van der Waals surface area contributed by atoms with Crippen LogP contribution in [0.2, 0.25) is 10.0 Å². The summed E-state index contributed by atoms with van der Waals surface area (Å²) in [6.45, 7) is 3.36. The van der Waals surface area contributed by atoms with E-state index < -0.39 is 17.1 Å². The highest BCUT2D eigenvalue weighted by Crippen LogP contribution is 2.32. The molecule has 7 heteroatoms. The molecule has 2 unspecified atom stereocenters. The number of amides is 1. The van der Waals surface area contributed by atoms with Crippen LogP contribution in [0.25, 0.3) is 0 Å². The van der Waals surface area contributed by atoms with Gasteiger partial charge in [-0.25, -0.2) is 0 Å². The lowest BCUT2D eigenvalue weighted by atomic mass is 10.2. The molecule has 2 N–H and O–H groups in total. The van der Waals surface area contributed by atoms with Crippen molar-refractivity contribution in [1.29, 1.82) is 0 Å². The maximum absolute atomic E-state index is 11.9. The van der Waals surface area contributed by atoms with Crippen molar-refractivity contribution in [3.63, 3.8) is 0 Å². The predicted octanol–water partition coefficient (Wildman–Crippen LogP) is 3.31. The zero-order valence-electron chi connectivity index (χ0n) is 11.0. The molecule has 4 nitrogen and oxygen atoms in total. The molecule has 0 heterocycles. The van der Waals surface area contributed by atoms with Crippen LogP contribution in [0.1, 0.15) is 13.8 Å². The minimum Gasteiger partial charge on any atom is -0.481 e. The Balaban J connectivity index is 2.57. The first-order valence-corrected chi connectivity index (χ1v) is 7.57. The average molecular weight is 336 g/mol. The topological polar surface area (TPSA) is 66.4 Å². The van der Waals surface area contributed by atoms with E-state index in [9.17, 15) is 9.59 Å². The number of carboxylic acids is 1. The zero-order valence-corrected chi connectivity index (χ0v) is 13.4. The Hall–Kier alpha value is -0.910. The molecule has 0 spiro atoms. The molecule has 0 aliphatic heterocycles. The first kappa shape index (κ1) is 17.1. The summed E-state index contributed by atoms with van der Waals surface area (Å²) in [4.78, 5) is 23.3. The van der Waals surface area contributed by atoms with E-state index in [1.165, 1.54) is 18.7 Å². The molecule has 0 aliphatic rings. The Labute approximate surface area is 131 Å². The highest BCUT2D eigenvalue weighted by Gasteiger charge is 2.18. The van der Waals surface area contributed by atoms with Crippen molar-refractivity contribution in [3.8, 4) is 0 Å². The van der Waals surface area contributed by atoms with E-state index in [0.29, 0.717) is 14.9 Å². The fraction of sp³-hybridized carbons (Fsp3) is 0.385. The third-order valence-electron chi connectivity index (χ3n) is 2.57. The van der Waals surface area contributed by atoms with E-state index >= 15 is 0 Å². The highest BCUT2D eigenvalue weighted by atomic mass is 35.5. The molecule has 2 atom stereocenters. The minimum atomic E-state index is -0.941. The second kappa shape index (κ2) is 7.76. The molecule has 1 rings (SSSR count). The van der Waals surface area contributed by atoms with Crippen LogP contribution in [-0.4, -0.2) is 28.8 Å². The standard InChI is InChI=1S/C13H15Cl2NO3S/c1-7(13(18)19)6-16-12(17)8(2)20-11-5-9(14)3-4-10(11)15/h3-5,7-8H,6H2,1-2H3,(H,16,17)(H,18,19). The number of hydrogen-bond acceptors (Lipinski definition) is 3. The van der Waals surface area contributed by atoms with Crippen LogP contribution in [0, 0.1) is 5.92 Å². The summed E-state index contributed by atoms with van der Waals surface area (Å²) in [5.74, 6) is -1.80. The lowest BCUT2D eigenvalue weighted by molar-refractivity contribution is -0.141. The van der Waals surface area contributed by atoms with Gasteiger partial charge in [-0.1, -0.05) is 30.1 Å². The molecule has 0 aromatic heterocycles. The predicted molar refractivity (Wildman–Crippen MR) is 81.6 cm³/mol. The van der Waals surface area contributed by atoms with Crippen LogP contribution in [0.4, 0.5) is 0 Å². The monoisotopic (exact) mass is 335 g/mol. The number of thioether (sulfide) groups is 1. The van der Waals surface area contributed by atoms with E-state index in [-0.39, 0.29) is 12.5 Å². The number of rotatable bonds is 6. The number of carboxylic acid groups (broad SMARTS) is 1. The number of nitrogens with one attached hydrogen (secondary N) is 1. The summed E-state index contributed by atoms with van der Waals surface area (Å²) in [7, 11) is 0. The van der Waals surface area contributed by atoms with Gasteiger partial charge in [0, 0.05) is 16.5 Å². The van der Waals surface area contributed by atoms with Gasteiger partial charge < -0.3 is 10.4 Å². The fourth-order valence-corrected chi connectivity index (χ4v) is 2.73. The Morgan fingerprint density at radius 1 is 1.35 bits per heavy atom. The van der Waals surface area contributed by atoms with E-state index in [1.54, 1.807) is 25.1 Å². The van der Waals surface area contributed by atoms with Gasteiger partial charge in [0.2, 0.25) is 5.91 Å². The molecule has 1 amide bonds. The van der Waals surface area contributed by atoms with Crippen molar-refractivity contribution in [2.75, 3.05) is 6.54 Å². The lowest BCUT2D eigenvalue weighted by Gasteiger charge is -2.14. The molecule has 1 aromatic carbocycles.